The van der Waals surface area contributed by atoms with Gasteiger partial charge in [-0.1, -0.05) is 19.8 Å². The number of nitrogens with zero attached hydrogens (tertiary/aromatic N) is 1. The third-order valence-corrected chi connectivity index (χ3v) is 3.07. The van der Waals surface area contributed by atoms with Gasteiger partial charge in [0, 0.05) is 12.6 Å². The molecule has 1 fully saturated rings. The Hall–Kier alpha value is -0.0800. The van der Waals surface area contributed by atoms with Crippen LogP contribution in [-0.2, 0) is 0 Å². The predicted molar refractivity (Wildman–Crippen MR) is 53.1 cm³/mol. The summed E-state index contributed by atoms with van der Waals surface area (Å²) in [6.07, 6.45) is 5.51. The van der Waals surface area contributed by atoms with Gasteiger partial charge in [0.1, 0.15) is 0 Å². The molecule has 1 aliphatic rings. The first-order valence-corrected chi connectivity index (χ1v) is 5.18. The van der Waals surface area contributed by atoms with Crippen LogP contribution in [-0.4, -0.2) is 31.1 Å². The van der Waals surface area contributed by atoms with Crippen LogP contribution < -0.4 is 5.73 Å². The molecule has 0 heterocycles. The number of likely N-dealkylation sites (N-methyl/N-ethyl adjacent to an activating group) is 1. The van der Waals surface area contributed by atoms with Gasteiger partial charge in [0.25, 0.3) is 0 Å². The number of rotatable bonds is 4. The molecule has 0 bridgehead atoms. The highest BCUT2D eigenvalue weighted by Crippen LogP contribution is 2.26. The van der Waals surface area contributed by atoms with Gasteiger partial charge in [0.05, 0.1) is 0 Å². The quantitative estimate of drug-likeness (QED) is 0.692. The van der Waals surface area contributed by atoms with Crippen LogP contribution in [0.4, 0.5) is 0 Å². The summed E-state index contributed by atoms with van der Waals surface area (Å²) in [7, 11) is 2.15. The summed E-state index contributed by atoms with van der Waals surface area (Å²) in [5, 5.41) is 0. The van der Waals surface area contributed by atoms with Crippen molar-refractivity contribution in [3.8, 4) is 0 Å². The molecular weight excluding hydrogens is 148 g/mol. The minimum absolute atomic E-state index is 0.414. The van der Waals surface area contributed by atoms with Gasteiger partial charge in [-0.15, -0.1) is 0 Å². The highest BCUT2D eigenvalue weighted by Gasteiger charge is 2.22. The van der Waals surface area contributed by atoms with Crippen LogP contribution >= 0.6 is 0 Å². The van der Waals surface area contributed by atoms with Crippen molar-refractivity contribution in [1.82, 2.24) is 4.90 Å². The van der Waals surface area contributed by atoms with Crippen molar-refractivity contribution in [2.75, 3.05) is 20.1 Å². The van der Waals surface area contributed by atoms with Crippen LogP contribution in [0.25, 0.3) is 0 Å². The molecule has 0 aromatic carbocycles. The zero-order chi connectivity index (χ0) is 8.97. The van der Waals surface area contributed by atoms with E-state index in [1.807, 2.05) is 0 Å². The van der Waals surface area contributed by atoms with Crippen LogP contribution in [0.3, 0.4) is 0 Å². The first-order valence-electron chi connectivity index (χ1n) is 5.18. The minimum Gasteiger partial charge on any atom is -0.326 e. The fraction of sp³-hybridized carbons (Fsp3) is 1.00. The third kappa shape index (κ3) is 2.76. The monoisotopic (exact) mass is 170 g/mol. The molecule has 0 saturated heterocycles. The second-order valence-electron chi connectivity index (χ2n) is 4.06. The molecule has 0 aromatic rings. The van der Waals surface area contributed by atoms with Gasteiger partial charge in [0.15, 0.2) is 0 Å². The molecule has 1 aliphatic carbocycles. The molecule has 2 heteroatoms. The van der Waals surface area contributed by atoms with E-state index in [0.717, 1.165) is 19.0 Å². The van der Waals surface area contributed by atoms with E-state index < -0.39 is 0 Å². The lowest BCUT2D eigenvalue weighted by atomic mass is 9.99. The van der Waals surface area contributed by atoms with Crippen molar-refractivity contribution in [1.29, 1.82) is 0 Å². The highest BCUT2D eigenvalue weighted by atomic mass is 15.1. The van der Waals surface area contributed by atoms with E-state index in [4.69, 9.17) is 5.73 Å². The van der Waals surface area contributed by atoms with E-state index in [9.17, 15) is 0 Å². The van der Waals surface area contributed by atoms with Crippen molar-refractivity contribution in [2.24, 2.45) is 11.7 Å². The Balaban J connectivity index is 2.21. The summed E-state index contributed by atoms with van der Waals surface area (Å²) in [4.78, 5) is 2.31. The standard InChI is InChI=1S/C10H22N2/c1-3-12(2)8-10(11)9-6-4-5-7-9/h9-10H,3-8,11H2,1-2H3. The van der Waals surface area contributed by atoms with Gasteiger partial charge in [-0.3, -0.25) is 0 Å². The molecule has 0 aromatic heterocycles. The normalized spacial score (nSPS) is 22.0. The van der Waals surface area contributed by atoms with E-state index in [0.29, 0.717) is 6.04 Å². The maximum Gasteiger partial charge on any atom is 0.0196 e. The number of nitrogens with two attached hydrogens (primary N) is 1. The fourth-order valence-electron chi connectivity index (χ4n) is 2.02. The number of hydrogen-bond donors (Lipinski definition) is 1. The molecule has 1 unspecified atom stereocenters. The molecule has 1 atom stereocenters. The molecule has 72 valence electrons. The van der Waals surface area contributed by atoms with Crippen molar-refractivity contribution >= 4 is 0 Å². The molecule has 2 nitrogen and oxygen atoms in total. The fourth-order valence-corrected chi connectivity index (χ4v) is 2.02. The molecule has 0 amide bonds. The smallest absolute Gasteiger partial charge is 0.0196 e. The summed E-state index contributed by atoms with van der Waals surface area (Å²) >= 11 is 0. The van der Waals surface area contributed by atoms with Crippen molar-refractivity contribution in [3.63, 3.8) is 0 Å². The molecular formula is C10H22N2. The molecule has 0 spiro atoms. The van der Waals surface area contributed by atoms with Gasteiger partial charge in [-0.25, -0.2) is 0 Å². The zero-order valence-electron chi connectivity index (χ0n) is 8.42. The molecule has 1 saturated carbocycles. The number of hydrogen-bond acceptors (Lipinski definition) is 2. The van der Waals surface area contributed by atoms with E-state index >= 15 is 0 Å². The largest absolute Gasteiger partial charge is 0.326 e. The Bertz CT molecular complexity index is 119. The van der Waals surface area contributed by atoms with Gasteiger partial charge >= 0.3 is 0 Å². The average Bonchev–Trinajstić information content (AvgIpc) is 2.56. The van der Waals surface area contributed by atoms with Crippen LogP contribution in [0.2, 0.25) is 0 Å². The maximum absolute atomic E-state index is 6.11. The summed E-state index contributed by atoms with van der Waals surface area (Å²) in [6, 6.07) is 0.414. The van der Waals surface area contributed by atoms with E-state index in [1.165, 1.54) is 25.7 Å². The summed E-state index contributed by atoms with van der Waals surface area (Å²) in [5.41, 5.74) is 6.11. The lowest BCUT2D eigenvalue weighted by Gasteiger charge is -2.24. The SMILES string of the molecule is CCN(C)CC(N)C1CCCC1. The lowest BCUT2D eigenvalue weighted by Crippen LogP contribution is -2.39. The van der Waals surface area contributed by atoms with Crippen molar-refractivity contribution in [3.05, 3.63) is 0 Å². The first-order chi connectivity index (χ1) is 5.74. The molecule has 0 aliphatic heterocycles. The van der Waals surface area contributed by atoms with Crippen LogP contribution in [0.1, 0.15) is 32.6 Å². The Morgan fingerprint density at radius 3 is 2.50 bits per heavy atom. The summed E-state index contributed by atoms with van der Waals surface area (Å²) in [5.74, 6) is 0.805. The van der Waals surface area contributed by atoms with E-state index in [1.54, 1.807) is 0 Å². The maximum atomic E-state index is 6.11. The highest BCUT2D eigenvalue weighted by molar-refractivity contribution is 4.79. The van der Waals surface area contributed by atoms with Gasteiger partial charge in [-0.2, -0.15) is 0 Å². The molecule has 12 heavy (non-hydrogen) atoms. The van der Waals surface area contributed by atoms with Crippen molar-refractivity contribution in [2.45, 2.75) is 38.6 Å². The van der Waals surface area contributed by atoms with Crippen LogP contribution in [0.5, 0.6) is 0 Å². The van der Waals surface area contributed by atoms with Gasteiger partial charge in [0.2, 0.25) is 0 Å². The average molecular weight is 170 g/mol. The second-order valence-corrected chi connectivity index (χ2v) is 4.06. The third-order valence-electron chi connectivity index (χ3n) is 3.07. The summed E-state index contributed by atoms with van der Waals surface area (Å²) in [6.45, 7) is 4.36. The van der Waals surface area contributed by atoms with E-state index in [-0.39, 0.29) is 0 Å². The zero-order valence-corrected chi connectivity index (χ0v) is 8.42. The molecule has 0 radical (unpaired) electrons. The lowest BCUT2D eigenvalue weighted by molar-refractivity contribution is 0.281. The Morgan fingerprint density at radius 2 is 2.00 bits per heavy atom. The predicted octanol–water partition coefficient (Wildman–Crippen LogP) is 1.46. The van der Waals surface area contributed by atoms with Crippen molar-refractivity contribution < 1.29 is 0 Å². The second kappa shape index (κ2) is 4.83. The topological polar surface area (TPSA) is 29.3 Å². The van der Waals surface area contributed by atoms with Gasteiger partial charge in [-0.05, 0) is 32.4 Å². The first kappa shape index (κ1) is 10.0. The van der Waals surface area contributed by atoms with Crippen LogP contribution in [0.15, 0.2) is 0 Å². The summed E-state index contributed by atoms with van der Waals surface area (Å²) < 4.78 is 0. The molecule has 1 rings (SSSR count). The Labute approximate surface area is 76.1 Å². The molecule has 2 N–H and O–H groups in total. The Morgan fingerprint density at radius 1 is 1.42 bits per heavy atom. The minimum atomic E-state index is 0.414. The van der Waals surface area contributed by atoms with Gasteiger partial charge < -0.3 is 10.6 Å². The van der Waals surface area contributed by atoms with Crippen LogP contribution in [0, 0.1) is 5.92 Å². The van der Waals surface area contributed by atoms with E-state index in [2.05, 4.69) is 18.9 Å². The Kier molecular flexibility index (Phi) is 4.02.